The molecule has 2 atom stereocenters. The number of hydrogen-bond donors (Lipinski definition) is 2. The van der Waals surface area contributed by atoms with Crippen LogP contribution in [0.2, 0.25) is 0 Å². The van der Waals surface area contributed by atoms with E-state index >= 15 is 0 Å². The van der Waals surface area contributed by atoms with Crippen molar-refractivity contribution in [3.8, 4) is 0 Å². The molecule has 10 nitrogen and oxygen atoms in total. The van der Waals surface area contributed by atoms with Crippen LogP contribution in [-0.4, -0.2) is 59.4 Å². The number of aliphatic hydroxyl groups is 2. The fourth-order valence-corrected chi connectivity index (χ4v) is 6.08. The highest BCUT2D eigenvalue weighted by atomic mass is 16.5. The van der Waals surface area contributed by atoms with Crippen LogP contribution in [0.25, 0.3) is 0 Å². The summed E-state index contributed by atoms with van der Waals surface area (Å²) < 4.78 is 9.86. The van der Waals surface area contributed by atoms with Crippen LogP contribution in [0.3, 0.4) is 0 Å². The van der Waals surface area contributed by atoms with E-state index in [9.17, 15) is 29.4 Å². The number of hydrogen-bond acceptors (Lipinski definition) is 10. The molecule has 2 N–H and O–H groups in total. The highest BCUT2D eigenvalue weighted by Gasteiger charge is 2.48. The first-order valence-corrected chi connectivity index (χ1v) is 15.0. The lowest BCUT2D eigenvalue weighted by molar-refractivity contribution is -0.150. The van der Waals surface area contributed by atoms with Crippen LogP contribution < -0.4 is 0 Å². The maximum Gasteiger partial charge on any atom is 0.316 e. The molecule has 0 heterocycles. The molecule has 0 bridgehead atoms. The van der Waals surface area contributed by atoms with Gasteiger partial charge in [-0.2, -0.15) is 0 Å². The number of esters is 2. The maximum absolute atomic E-state index is 13.1. The Morgan fingerprint density at radius 3 is 1.30 bits per heavy atom. The molecule has 0 saturated carbocycles. The number of nitrogens with zero attached hydrogens (tertiary/aromatic N) is 2. The van der Waals surface area contributed by atoms with Gasteiger partial charge in [0.15, 0.2) is 11.6 Å². The van der Waals surface area contributed by atoms with E-state index in [0.29, 0.717) is 35.6 Å². The molecule has 2 aliphatic carbocycles. The van der Waals surface area contributed by atoms with Crippen molar-refractivity contribution in [3.05, 3.63) is 46.9 Å². The first-order valence-electron chi connectivity index (χ1n) is 15.0. The number of ether oxygens (including phenoxy) is 2. The van der Waals surface area contributed by atoms with Gasteiger partial charge in [0.1, 0.15) is 23.4 Å². The Kier molecular flexibility index (Phi) is 10.7. The minimum atomic E-state index is -0.993. The van der Waals surface area contributed by atoms with Crippen LogP contribution in [0.1, 0.15) is 80.1 Å². The monoisotopic (exact) mass is 608 g/mol. The second kappa shape index (κ2) is 13.7. The average Bonchev–Trinajstić information content (AvgIpc) is 2.92. The van der Waals surface area contributed by atoms with Gasteiger partial charge in [-0.1, -0.05) is 41.5 Å². The Bertz CT molecular complexity index is 1330. The van der Waals surface area contributed by atoms with Crippen molar-refractivity contribution in [2.75, 3.05) is 14.2 Å². The molecule has 0 spiro atoms. The number of allylic oxidation sites excluding steroid dienone is 2. The predicted molar refractivity (Wildman–Crippen MR) is 168 cm³/mol. The van der Waals surface area contributed by atoms with Crippen LogP contribution in [0.15, 0.2) is 56.9 Å². The number of aliphatic imine (C=N–C) groups is 2. The lowest BCUT2D eigenvalue weighted by Crippen LogP contribution is -2.41. The van der Waals surface area contributed by atoms with Gasteiger partial charge >= 0.3 is 11.9 Å². The van der Waals surface area contributed by atoms with Crippen molar-refractivity contribution in [1.29, 1.82) is 0 Å². The van der Waals surface area contributed by atoms with Gasteiger partial charge in [0.05, 0.1) is 48.2 Å². The summed E-state index contributed by atoms with van der Waals surface area (Å²) in [5, 5.41) is 22.3. The molecule has 1 aromatic carbocycles. The standard InChI is InChI=1S/C34H44N2O8/c1-9-11-23(37)25-21(17-33(3,4)27(29(25)39)31(41)43-7)35-19-13-15-20(16-14-19)36-22-18-34(5,6)28(32(42)44-8)30(40)26(22)24(38)12-10-2/h13-16,27-28,39-40H,9-12,17-18H2,1-8H3/t27-,28+. The van der Waals surface area contributed by atoms with E-state index in [1.165, 1.54) is 14.2 Å². The molecule has 0 saturated heterocycles. The minimum absolute atomic E-state index is 0.0511. The molecule has 0 fully saturated rings. The molecule has 10 heteroatoms. The summed E-state index contributed by atoms with van der Waals surface area (Å²) in [6, 6.07) is 6.81. The maximum atomic E-state index is 13.1. The van der Waals surface area contributed by atoms with Crippen molar-refractivity contribution in [2.45, 2.75) is 80.1 Å². The second-order valence-electron chi connectivity index (χ2n) is 12.7. The smallest absolute Gasteiger partial charge is 0.316 e. The minimum Gasteiger partial charge on any atom is -0.511 e. The third-order valence-electron chi connectivity index (χ3n) is 8.21. The van der Waals surface area contributed by atoms with E-state index in [1.54, 1.807) is 24.3 Å². The van der Waals surface area contributed by atoms with Gasteiger partial charge in [-0.25, -0.2) is 0 Å². The molecule has 3 rings (SSSR count). The number of rotatable bonds is 10. The fraction of sp³-hybridized carbons (Fsp3) is 0.529. The Balaban J connectivity index is 2.08. The highest BCUT2D eigenvalue weighted by molar-refractivity contribution is 6.25. The number of ketones is 2. The molecular weight excluding hydrogens is 564 g/mol. The SMILES string of the molecule is CCCC(=O)C1=C(O)[C@@H](C(=O)OC)C(C)(C)CC1=Nc1ccc(N=C2CC(C)(C)[C@@H](C(=O)OC)C(O)=C2C(=O)CCC)cc1. The van der Waals surface area contributed by atoms with Crippen LogP contribution in [0, 0.1) is 22.7 Å². The zero-order chi connectivity index (χ0) is 33.0. The first-order chi connectivity index (χ1) is 20.6. The van der Waals surface area contributed by atoms with E-state index < -0.39 is 34.6 Å². The van der Waals surface area contributed by atoms with Crippen LogP contribution >= 0.6 is 0 Å². The average molecular weight is 609 g/mol. The van der Waals surface area contributed by atoms with Crippen molar-refractivity contribution in [2.24, 2.45) is 32.7 Å². The third kappa shape index (κ3) is 7.00. The van der Waals surface area contributed by atoms with Crippen LogP contribution in [-0.2, 0) is 28.7 Å². The molecule has 1 aromatic rings. The largest absolute Gasteiger partial charge is 0.511 e. The summed E-state index contributed by atoms with van der Waals surface area (Å²) in [6.45, 7) is 11.0. The van der Waals surface area contributed by atoms with Gasteiger partial charge in [0.25, 0.3) is 0 Å². The molecule has 0 unspecified atom stereocenters. The molecule has 238 valence electrons. The molecule has 0 aromatic heterocycles. The van der Waals surface area contributed by atoms with E-state index in [4.69, 9.17) is 19.5 Å². The van der Waals surface area contributed by atoms with Gasteiger partial charge < -0.3 is 19.7 Å². The van der Waals surface area contributed by atoms with E-state index in [1.807, 2.05) is 41.5 Å². The van der Waals surface area contributed by atoms with Gasteiger partial charge in [0, 0.05) is 12.8 Å². The van der Waals surface area contributed by atoms with Gasteiger partial charge in [-0.15, -0.1) is 0 Å². The van der Waals surface area contributed by atoms with E-state index in [0.717, 1.165) is 0 Å². The van der Waals surface area contributed by atoms with E-state index in [2.05, 4.69) is 0 Å². The highest BCUT2D eigenvalue weighted by Crippen LogP contribution is 2.45. The lowest BCUT2D eigenvalue weighted by Gasteiger charge is -2.37. The molecule has 2 aliphatic rings. The summed E-state index contributed by atoms with van der Waals surface area (Å²) >= 11 is 0. The summed E-state index contributed by atoms with van der Waals surface area (Å²) in [5.74, 6) is -4.45. The summed E-state index contributed by atoms with van der Waals surface area (Å²) in [4.78, 5) is 60.8. The molecular formula is C34H44N2O8. The number of carbonyl (C=O) groups excluding carboxylic acids is 4. The number of aliphatic hydroxyl groups excluding tert-OH is 2. The quantitative estimate of drug-likeness (QED) is 0.281. The Hall–Kier alpha value is -4.08. The predicted octanol–water partition coefficient (Wildman–Crippen LogP) is 6.63. The Morgan fingerprint density at radius 2 is 1.02 bits per heavy atom. The number of methoxy groups -OCH3 is 2. The number of benzene rings is 1. The summed E-state index contributed by atoms with van der Waals surface area (Å²) in [5.41, 5.74) is 0.349. The first kappa shape index (κ1) is 34.4. The Morgan fingerprint density at radius 1 is 0.705 bits per heavy atom. The van der Waals surface area contributed by atoms with Crippen molar-refractivity contribution >= 4 is 46.3 Å². The number of carbonyl (C=O) groups is 4. The molecule has 0 radical (unpaired) electrons. The van der Waals surface area contributed by atoms with Crippen LogP contribution in [0.4, 0.5) is 11.4 Å². The fourth-order valence-electron chi connectivity index (χ4n) is 6.08. The van der Waals surface area contributed by atoms with Crippen LogP contribution in [0.5, 0.6) is 0 Å². The summed E-state index contributed by atoms with van der Waals surface area (Å²) in [7, 11) is 2.50. The Labute approximate surface area is 259 Å². The normalized spacial score (nSPS) is 23.1. The third-order valence-corrected chi connectivity index (χ3v) is 8.21. The van der Waals surface area contributed by atoms with E-state index in [-0.39, 0.29) is 59.9 Å². The lowest BCUT2D eigenvalue weighted by atomic mass is 9.67. The van der Waals surface area contributed by atoms with Crippen molar-refractivity contribution in [3.63, 3.8) is 0 Å². The zero-order valence-electron chi connectivity index (χ0n) is 26.9. The molecule has 0 aliphatic heterocycles. The summed E-state index contributed by atoms with van der Waals surface area (Å²) in [6.07, 6.45) is 2.03. The van der Waals surface area contributed by atoms with Crippen molar-refractivity contribution < 1.29 is 38.9 Å². The molecule has 44 heavy (non-hydrogen) atoms. The van der Waals surface area contributed by atoms with Crippen molar-refractivity contribution in [1.82, 2.24) is 0 Å². The second-order valence-corrected chi connectivity index (χ2v) is 12.7. The van der Waals surface area contributed by atoms with Gasteiger partial charge in [-0.3, -0.25) is 29.2 Å². The van der Waals surface area contributed by atoms with Gasteiger partial charge in [0.2, 0.25) is 0 Å². The molecule has 0 amide bonds. The van der Waals surface area contributed by atoms with Gasteiger partial charge in [-0.05, 0) is 60.8 Å². The topological polar surface area (TPSA) is 152 Å². The zero-order valence-corrected chi connectivity index (χ0v) is 26.9. The number of Topliss-reactive ketones (excluding diaryl/α,β-unsaturated/α-hetero) is 2.